The summed E-state index contributed by atoms with van der Waals surface area (Å²) in [6, 6.07) is 5.85. The molecule has 1 fully saturated rings. The maximum atomic E-state index is 6.13. The Balaban J connectivity index is 1.65. The molecule has 3 rings (SSSR count). The number of piperazine rings is 1. The molecule has 2 aromatic rings. The maximum Gasteiger partial charge on any atom is 0.143 e. The normalized spacial score (nSPS) is 16.2. The van der Waals surface area contributed by atoms with Crippen molar-refractivity contribution in [3.05, 3.63) is 35.1 Å². The van der Waals surface area contributed by atoms with E-state index in [0.29, 0.717) is 0 Å². The molecule has 6 nitrogen and oxygen atoms in total. The predicted molar refractivity (Wildman–Crippen MR) is 81.8 cm³/mol. The highest BCUT2D eigenvalue weighted by molar-refractivity contribution is 6.30. The molecule has 0 spiro atoms. The van der Waals surface area contributed by atoms with Gasteiger partial charge in [-0.25, -0.2) is 4.68 Å². The molecule has 2 heterocycles. The first-order chi connectivity index (χ1) is 10.3. The van der Waals surface area contributed by atoms with Gasteiger partial charge in [0.25, 0.3) is 0 Å². The second-order valence-corrected chi connectivity index (χ2v) is 5.66. The summed E-state index contributed by atoms with van der Waals surface area (Å²) in [4.78, 5) is 2.50. The van der Waals surface area contributed by atoms with Crippen LogP contribution in [0.3, 0.4) is 0 Å². The van der Waals surface area contributed by atoms with E-state index < -0.39 is 0 Å². The van der Waals surface area contributed by atoms with Gasteiger partial charge in [-0.1, -0.05) is 11.6 Å². The third-order valence-electron chi connectivity index (χ3n) is 3.77. The Kier molecular flexibility index (Phi) is 4.80. The van der Waals surface area contributed by atoms with Gasteiger partial charge in [-0.15, -0.1) is 5.10 Å². The minimum atomic E-state index is 0.754. The number of nitrogens with zero attached hydrogens (tertiary/aromatic N) is 5. The first-order valence-corrected chi connectivity index (χ1v) is 7.65. The van der Waals surface area contributed by atoms with Crippen LogP contribution < -0.4 is 5.32 Å². The first-order valence-electron chi connectivity index (χ1n) is 7.28. The molecule has 1 saturated heterocycles. The Bertz CT molecular complexity index is 565. The molecular formula is C14H19ClN6. The highest BCUT2D eigenvalue weighted by atomic mass is 35.5. The van der Waals surface area contributed by atoms with Gasteiger partial charge in [0, 0.05) is 31.2 Å². The van der Waals surface area contributed by atoms with E-state index in [-0.39, 0.29) is 0 Å². The second kappa shape index (κ2) is 6.98. The fraction of sp³-hybridized carbons (Fsp3) is 0.500. The van der Waals surface area contributed by atoms with Crippen molar-refractivity contribution in [1.29, 1.82) is 0 Å². The van der Waals surface area contributed by atoms with E-state index in [1.54, 1.807) is 11.0 Å². The minimum absolute atomic E-state index is 0.754. The third kappa shape index (κ3) is 3.78. The van der Waals surface area contributed by atoms with Crippen LogP contribution in [0.15, 0.2) is 24.5 Å². The molecule has 1 aromatic carbocycles. The van der Waals surface area contributed by atoms with Crippen molar-refractivity contribution in [2.24, 2.45) is 0 Å². The van der Waals surface area contributed by atoms with E-state index in [4.69, 9.17) is 11.6 Å². The molecule has 0 saturated carbocycles. The van der Waals surface area contributed by atoms with Gasteiger partial charge in [-0.05, 0) is 53.6 Å². The average Bonchev–Trinajstić information content (AvgIpc) is 3.03. The van der Waals surface area contributed by atoms with Crippen LogP contribution in [0.1, 0.15) is 12.0 Å². The molecule has 112 valence electrons. The zero-order valence-electron chi connectivity index (χ0n) is 11.9. The zero-order valence-corrected chi connectivity index (χ0v) is 12.6. The number of nitrogens with one attached hydrogen (secondary N) is 1. The molecule has 1 aliphatic rings. The third-order valence-corrected chi connectivity index (χ3v) is 4.00. The molecule has 1 N–H and O–H groups in total. The van der Waals surface area contributed by atoms with Gasteiger partial charge in [0.2, 0.25) is 0 Å². The fourth-order valence-corrected chi connectivity index (χ4v) is 2.87. The topological polar surface area (TPSA) is 58.9 Å². The van der Waals surface area contributed by atoms with Gasteiger partial charge in [0.15, 0.2) is 0 Å². The van der Waals surface area contributed by atoms with E-state index >= 15 is 0 Å². The maximum absolute atomic E-state index is 6.13. The molecule has 0 amide bonds. The zero-order chi connectivity index (χ0) is 14.5. The summed E-state index contributed by atoms with van der Waals surface area (Å²) in [5.74, 6) is 0. The Morgan fingerprint density at radius 2 is 2.10 bits per heavy atom. The van der Waals surface area contributed by atoms with Crippen molar-refractivity contribution in [3.8, 4) is 5.69 Å². The second-order valence-electron chi connectivity index (χ2n) is 5.22. The molecule has 1 aromatic heterocycles. The van der Waals surface area contributed by atoms with Crippen molar-refractivity contribution in [3.63, 3.8) is 0 Å². The van der Waals surface area contributed by atoms with E-state index in [9.17, 15) is 0 Å². The van der Waals surface area contributed by atoms with Crippen LogP contribution in [0.5, 0.6) is 0 Å². The number of halogens is 1. The molecular weight excluding hydrogens is 288 g/mol. The van der Waals surface area contributed by atoms with Crippen LogP contribution >= 0.6 is 11.6 Å². The first kappa shape index (κ1) is 14.4. The lowest BCUT2D eigenvalue weighted by molar-refractivity contribution is 0.238. The summed E-state index contributed by atoms with van der Waals surface area (Å²) in [6.45, 7) is 5.56. The van der Waals surface area contributed by atoms with E-state index in [1.165, 1.54) is 5.56 Å². The SMILES string of the molecule is Clc1ccc(-n2cnnn2)c(CCCN2CCNCC2)c1. The van der Waals surface area contributed by atoms with Gasteiger partial charge in [0.05, 0.1) is 5.69 Å². The van der Waals surface area contributed by atoms with Gasteiger partial charge in [-0.3, -0.25) is 0 Å². The van der Waals surface area contributed by atoms with Crippen molar-refractivity contribution in [2.75, 3.05) is 32.7 Å². The van der Waals surface area contributed by atoms with Crippen LogP contribution in [0.4, 0.5) is 0 Å². The quantitative estimate of drug-likeness (QED) is 0.898. The highest BCUT2D eigenvalue weighted by Crippen LogP contribution is 2.20. The van der Waals surface area contributed by atoms with Gasteiger partial charge in [-0.2, -0.15) is 0 Å². The smallest absolute Gasteiger partial charge is 0.143 e. The molecule has 0 aliphatic carbocycles. The van der Waals surface area contributed by atoms with Crippen LogP contribution in [0.25, 0.3) is 5.69 Å². The lowest BCUT2D eigenvalue weighted by Gasteiger charge is -2.27. The van der Waals surface area contributed by atoms with Crippen LogP contribution in [-0.2, 0) is 6.42 Å². The highest BCUT2D eigenvalue weighted by Gasteiger charge is 2.11. The monoisotopic (exact) mass is 306 g/mol. The van der Waals surface area contributed by atoms with Crippen LogP contribution in [-0.4, -0.2) is 57.8 Å². The Morgan fingerprint density at radius 3 is 2.86 bits per heavy atom. The fourth-order valence-electron chi connectivity index (χ4n) is 2.68. The number of tetrazole rings is 1. The Morgan fingerprint density at radius 1 is 1.24 bits per heavy atom. The summed E-state index contributed by atoms with van der Waals surface area (Å²) in [5.41, 5.74) is 2.19. The largest absolute Gasteiger partial charge is 0.314 e. The minimum Gasteiger partial charge on any atom is -0.314 e. The number of hydrogen-bond donors (Lipinski definition) is 1. The van der Waals surface area contributed by atoms with Crippen molar-refractivity contribution in [2.45, 2.75) is 12.8 Å². The summed E-state index contributed by atoms with van der Waals surface area (Å²) in [7, 11) is 0. The Labute approximate surface area is 129 Å². The van der Waals surface area contributed by atoms with E-state index in [1.807, 2.05) is 18.2 Å². The van der Waals surface area contributed by atoms with E-state index in [2.05, 4.69) is 25.7 Å². The number of rotatable bonds is 5. The standard InChI is InChI=1S/C14H19ClN6/c15-13-3-4-14(21-11-17-18-19-21)12(10-13)2-1-7-20-8-5-16-6-9-20/h3-4,10-11,16H,1-2,5-9H2. The van der Waals surface area contributed by atoms with Crippen LogP contribution in [0.2, 0.25) is 5.02 Å². The van der Waals surface area contributed by atoms with Gasteiger partial charge >= 0.3 is 0 Å². The van der Waals surface area contributed by atoms with Gasteiger partial charge < -0.3 is 10.2 Å². The average molecular weight is 307 g/mol. The lowest BCUT2D eigenvalue weighted by Crippen LogP contribution is -2.43. The molecule has 0 unspecified atom stereocenters. The Hall–Kier alpha value is -1.50. The molecule has 7 heteroatoms. The number of hydrogen-bond acceptors (Lipinski definition) is 5. The lowest BCUT2D eigenvalue weighted by atomic mass is 10.1. The summed E-state index contributed by atoms with van der Waals surface area (Å²) in [6.07, 6.45) is 3.69. The summed E-state index contributed by atoms with van der Waals surface area (Å²) >= 11 is 6.13. The molecule has 0 bridgehead atoms. The summed E-state index contributed by atoms with van der Waals surface area (Å²) in [5, 5.41) is 15.5. The molecule has 0 atom stereocenters. The predicted octanol–water partition coefficient (Wildman–Crippen LogP) is 1.15. The number of aromatic nitrogens is 4. The molecule has 0 radical (unpaired) electrons. The van der Waals surface area contributed by atoms with Gasteiger partial charge in [0.1, 0.15) is 6.33 Å². The number of benzene rings is 1. The molecule has 21 heavy (non-hydrogen) atoms. The summed E-state index contributed by atoms with van der Waals surface area (Å²) < 4.78 is 1.69. The molecule has 1 aliphatic heterocycles. The van der Waals surface area contributed by atoms with Crippen molar-refractivity contribution >= 4 is 11.6 Å². The van der Waals surface area contributed by atoms with Crippen molar-refractivity contribution in [1.82, 2.24) is 30.4 Å². The number of aryl methyl sites for hydroxylation is 1. The van der Waals surface area contributed by atoms with Crippen molar-refractivity contribution < 1.29 is 0 Å². The van der Waals surface area contributed by atoms with Crippen LogP contribution in [0, 0.1) is 0 Å². The van der Waals surface area contributed by atoms with E-state index in [0.717, 1.165) is 56.3 Å².